The van der Waals surface area contributed by atoms with Crippen LogP contribution in [0.4, 0.5) is 4.79 Å². The van der Waals surface area contributed by atoms with Gasteiger partial charge >= 0.3 is 6.09 Å². The molecule has 0 spiro atoms. The molecule has 0 radical (unpaired) electrons. The molecule has 152 valence electrons. The fourth-order valence-electron chi connectivity index (χ4n) is 3.73. The highest BCUT2D eigenvalue weighted by Gasteiger charge is 2.58. The van der Waals surface area contributed by atoms with Gasteiger partial charge in [-0.05, 0) is 20.8 Å². The van der Waals surface area contributed by atoms with Gasteiger partial charge in [0.05, 0.1) is 14.1 Å². The van der Waals surface area contributed by atoms with Gasteiger partial charge in [0.2, 0.25) is 5.91 Å². The molecule has 0 aromatic heterocycles. The van der Waals surface area contributed by atoms with Crippen LogP contribution in [0.1, 0.15) is 34.6 Å². The first-order valence-corrected chi connectivity index (χ1v) is 12.6. The summed E-state index contributed by atoms with van der Waals surface area (Å²) in [5.41, 5.74) is -0.583. The summed E-state index contributed by atoms with van der Waals surface area (Å²) in [6.07, 6.45) is -0.501. The standard InChI is InChI=1S/C22H32N2O3Si/c1-16-19(25)23-18(14-15-24(6)20(26)27-21(2,3)4)22(16,5)28(7,8)17-12-10-9-11-13-17/h9-13,16,18H,1-8H3,(H,23,25)/t16-,18-,22+/m0/s1. The summed E-state index contributed by atoms with van der Waals surface area (Å²) in [5, 5.41) is 4.02. The van der Waals surface area contributed by atoms with E-state index in [4.69, 9.17) is 4.74 Å². The molecule has 1 aliphatic rings. The van der Waals surface area contributed by atoms with E-state index >= 15 is 0 Å². The molecule has 1 N–H and O–H groups in total. The van der Waals surface area contributed by atoms with Gasteiger partial charge in [0.15, 0.2) is 0 Å². The molecule has 1 saturated heterocycles. The first-order valence-electron chi connectivity index (χ1n) is 9.64. The van der Waals surface area contributed by atoms with Gasteiger partial charge in [-0.15, -0.1) is 0 Å². The Labute approximate surface area is 169 Å². The number of ether oxygens (including phenoxy) is 1. The third-order valence-electron chi connectivity index (χ3n) is 6.07. The average molecular weight is 401 g/mol. The van der Waals surface area contributed by atoms with E-state index < -0.39 is 19.8 Å². The van der Waals surface area contributed by atoms with Crippen molar-refractivity contribution in [2.24, 2.45) is 5.92 Å². The third-order valence-corrected chi connectivity index (χ3v) is 11.3. The lowest BCUT2D eigenvalue weighted by Gasteiger charge is -2.44. The van der Waals surface area contributed by atoms with E-state index in [9.17, 15) is 9.59 Å². The van der Waals surface area contributed by atoms with Crippen molar-refractivity contribution < 1.29 is 14.3 Å². The van der Waals surface area contributed by atoms with Crippen molar-refractivity contribution in [2.45, 2.75) is 64.4 Å². The Morgan fingerprint density at radius 2 is 1.82 bits per heavy atom. The van der Waals surface area contributed by atoms with Crippen LogP contribution in [-0.4, -0.2) is 43.7 Å². The quantitative estimate of drug-likeness (QED) is 0.471. The van der Waals surface area contributed by atoms with Crippen LogP contribution in [0.15, 0.2) is 30.3 Å². The molecule has 0 unspecified atom stereocenters. The van der Waals surface area contributed by atoms with Crippen LogP contribution in [0.5, 0.6) is 0 Å². The molecule has 1 heterocycles. The number of carbonyl (C=O) groups excluding carboxylic acids is 2. The second-order valence-corrected chi connectivity index (χ2v) is 14.1. The fourth-order valence-corrected chi connectivity index (χ4v) is 7.46. The minimum absolute atomic E-state index is 0.0122. The molecule has 1 aromatic rings. The second-order valence-electron chi connectivity index (χ2n) is 9.23. The number of nitrogens with zero attached hydrogens (tertiary/aromatic N) is 1. The molecule has 0 bridgehead atoms. The summed E-state index contributed by atoms with van der Waals surface area (Å²) >= 11 is 0. The number of carbonyl (C=O) groups is 2. The van der Waals surface area contributed by atoms with Gasteiger partial charge in [0.1, 0.15) is 5.60 Å². The molecular weight excluding hydrogens is 368 g/mol. The van der Waals surface area contributed by atoms with Gasteiger partial charge in [-0.25, -0.2) is 9.69 Å². The second kappa shape index (κ2) is 7.63. The van der Waals surface area contributed by atoms with Gasteiger partial charge in [-0.1, -0.05) is 68.4 Å². The summed E-state index contributed by atoms with van der Waals surface area (Å²) in [7, 11) is -0.515. The van der Waals surface area contributed by atoms with Gasteiger partial charge in [0, 0.05) is 24.0 Å². The Bertz CT molecular complexity index is 805. The van der Waals surface area contributed by atoms with Crippen molar-refractivity contribution in [3.8, 4) is 12.0 Å². The van der Waals surface area contributed by atoms with E-state index in [0.717, 1.165) is 0 Å². The highest BCUT2D eigenvalue weighted by molar-refractivity contribution is 6.92. The first-order chi connectivity index (χ1) is 12.8. The Kier molecular flexibility index (Phi) is 6.00. The van der Waals surface area contributed by atoms with Crippen LogP contribution in [0.25, 0.3) is 0 Å². The average Bonchev–Trinajstić information content (AvgIpc) is 2.84. The maximum Gasteiger partial charge on any atom is 0.421 e. The van der Waals surface area contributed by atoms with Gasteiger partial charge in [-0.2, -0.15) is 0 Å². The predicted octanol–water partition coefficient (Wildman–Crippen LogP) is 3.32. The highest BCUT2D eigenvalue weighted by Crippen LogP contribution is 2.51. The number of amides is 2. The predicted molar refractivity (Wildman–Crippen MR) is 115 cm³/mol. The van der Waals surface area contributed by atoms with Gasteiger partial charge in [0.25, 0.3) is 0 Å². The summed E-state index contributed by atoms with van der Waals surface area (Å²) in [6.45, 7) is 14.1. The Balaban J connectivity index is 2.37. The molecule has 0 aliphatic carbocycles. The van der Waals surface area contributed by atoms with Gasteiger partial charge in [-0.3, -0.25) is 4.79 Å². The van der Waals surface area contributed by atoms with Crippen LogP contribution >= 0.6 is 0 Å². The number of nitrogens with one attached hydrogen (secondary N) is 1. The minimum Gasteiger partial charge on any atom is -0.443 e. The van der Waals surface area contributed by atoms with Crippen molar-refractivity contribution in [3.63, 3.8) is 0 Å². The van der Waals surface area contributed by atoms with E-state index in [-0.39, 0.29) is 22.9 Å². The van der Waals surface area contributed by atoms with Crippen LogP contribution in [0, 0.1) is 17.9 Å². The van der Waals surface area contributed by atoms with Crippen LogP contribution in [0.2, 0.25) is 18.1 Å². The topological polar surface area (TPSA) is 58.6 Å². The monoisotopic (exact) mass is 400 g/mol. The van der Waals surface area contributed by atoms with Crippen LogP contribution in [-0.2, 0) is 9.53 Å². The van der Waals surface area contributed by atoms with Crippen molar-refractivity contribution >= 4 is 25.3 Å². The Morgan fingerprint density at radius 3 is 2.36 bits per heavy atom. The summed E-state index contributed by atoms with van der Waals surface area (Å²) in [6, 6.07) is 12.9. The summed E-state index contributed by atoms with van der Waals surface area (Å²) in [4.78, 5) is 26.0. The fraction of sp³-hybridized carbons (Fsp3) is 0.545. The maximum atomic E-state index is 12.6. The highest BCUT2D eigenvalue weighted by atomic mass is 28.3. The molecule has 6 heteroatoms. The number of benzene rings is 1. The summed E-state index contributed by atoms with van der Waals surface area (Å²) < 4.78 is 5.35. The van der Waals surface area contributed by atoms with Crippen molar-refractivity contribution in [2.75, 3.05) is 7.05 Å². The zero-order valence-corrected chi connectivity index (χ0v) is 19.2. The lowest BCUT2D eigenvalue weighted by molar-refractivity contribution is -0.122. The van der Waals surface area contributed by atoms with Gasteiger partial charge < -0.3 is 10.1 Å². The number of hydrogen-bond donors (Lipinski definition) is 1. The lowest BCUT2D eigenvalue weighted by atomic mass is 9.92. The number of hydrogen-bond acceptors (Lipinski definition) is 3. The normalized spacial score (nSPS) is 24.8. The molecule has 2 amide bonds. The van der Waals surface area contributed by atoms with Crippen molar-refractivity contribution in [3.05, 3.63) is 30.3 Å². The minimum atomic E-state index is -2.10. The summed E-state index contributed by atoms with van der Waals surface area (Å²) in [5.74, 6) is 3.00. The van der Waals surface area contributed by atoms with Crippen LogP contribution < -0.4 is 10.5 Å². The molecule has 1 fully saturated rings. The first kappa shape index (κ1) is 22.0. The zero-order chi connectivity index (χ0) is 21.3. The van der Waals surface area contributed by atoms with E-state index in [1.165, 1.54) is 10.1 Å². The SMILES string of the molecule is C[C@H]1C(=O)N[C@@H](C#CN(C)C(=O)OC(C)(C)C)[C@]1(C)[Si](C)(C)c1ccccc1. The molecular formula is C22H32N2O3Si. The molecule has 1 aliphatic heterocycles. The molecule has 2 rings (SSSR count). The van der Waals surface area contributed by atoms with E-state index in [2.05, 4.69) is 49.4 Å². The van der Waals surface area contributed by atoms with Crippen LogP contribution in [0.3, 0.4) is 0 Å². The Hall–Kier alpha value is -2.26. The molecule has 5 nitrogen and oxygen atoms in total. The maximum absolute atomic E-state index is 12.6. The zero-order valence-electron chi connectivity index (χ0n) is 18.2. The van der Waals surface area contributed by atoms with Crippen molar-refractivity contribution in [1.29, 1.82) is 0 Å². The molecule has 1 aromatic carbocycles. The molecule has 28 heavy (non-hydrogen) atoms. The smallest absolute Gasteiger partial charge is 0.421 e. The lowest BCUT2D eigenvalue weighted by Crippen LogP contribution is -2.57. The molecule has 0 saturated carbocycles. The largest absolute Gasteiger partial charge is 0.443 e. The van der Waals surface area contributed by atoms with E-state index in [1.54, 1.807) is 7.05 Å². The van der Waals surface area contributed by atoms with E-state index in [1.807, 2.05) is 45.9 Å². The van der Waals surface area contributed by atoms with E-state index in [0.29, 0.717) is 0 Å². The number of rotatable bonds is 2. The third kappa shape index (κ3) is 4.10. The van der Waals surface area contributed by atoms with Crippen molar-refractivity contribution in [1.82, 2.24) is 10.2 Å². The molecule has 3 atom stereocenters. The Morgan fingerprint density at radius 1 is 1.25 bits per heavy atom.